The van der Waals surface area contributed by atoms with Gasteiger partial charge in [0, 0.05) is 30.0 Å². The van der Waals surface area contributed by atoms with Gasteiger partial charge in [-0.2, -0.15) is 5.10 Å². The molecule has 1 N–H and O–H groups in total. The number of piperidine rings is 1. The molecule has 1 aliphatic rings. The predicted molar refractivity (Wildman–Crippen MR) is 131 cm³/mol. The first-order valence-electron chi connectivity index (χ1n) is 12.0. The molecule has 0 radical (unpaired) electrons. The number of hydrogen-bond donors (Lipinski definition) is 1. The van der Waals surface area contributed by atoms with Crippen LogP contribution in [0.25, 0.3) is 33.4 Å². The van der Waals surface area contributed by atoms with Crippen LogP contribution in [0.5, 0.6) is 0 Å². The maximum atomic E-state index is 14.9. The molecule has 1 fully saturated rings. The summed E-state index contributed by atoms with van der Waals surface area (Å²) in [4.78, 5) is 19.9. The second-order valence-electron chi connectivity index (χ2n) is 8.79. The van der Waals surface area contributed by atoms with E-state index in [9.17, 15) is 18.0 Å². The van der Waals surface area contributed by atoms with Crippen molar-refractivity contribution in [1.29, 1.82) is 0 Å². The van der Waals surface area contributed by atoms with Crippen LogP contribution in [-0.2, 0) is 4.74 Å². The number of pyridine rings is 1. The highest BCUT2D eigenvalue weighted by Gasteiger charge is 2.30. The van der Waals surface area contributed by atoms with Crippen LogP contribution in [0.3, 0.4) is 0 Å². The number of halogens is 3. The van der Waals surface area contributed by atoms with Gasteiger partial charge in [0.25, 0.3) is 0 Å². The highest BCUT2D eigenvalue weighted by atomic mass is 19.2. The lowest BCUT2D eigenvalue weighted by Crippen LogP contribution is -2.29. The number of carbonyl (C=O) groups is 1. The van der Waals surface area contributed by atoms with Crippen molar-refractivity contribution in [3.05, 3.63) is 65.1 Å². The van der Waals surface area contributed by atoms with Gasteiger partial charge in [0.05, 0.1) is 28.8 Å². The first-order chi connectivity index (χ1) is 17.4. The zero-order valence-electron chi connectivity index (χ0n) is 20.0. The van der Waals surface area contributed by atoms with Gasteiger partial charge >= 0.3 is 5.97 Å². The molecule has 0 saturated carbocycles. The van der Waals surface area contributed by atoms with Crippen LogP contribution in [-0.4, -0.2) is 40.8 Å². The van der Waals surface area contributed by atoms with Gasteiger partial charge in [-0.3, -0.25) is 5.10 Å². The summed E-state index contributed by atoms with van der Waals surface area (Å²) < 4.78 is 49.3. The summed E-state index contributed by atoms with van der Waals surface area (Å²) in [6.45, 7) is 5.36. The Labute approximate surface area is 206 Å². The molecule has 0 aliphatic carbocycles. The first kappa shape index (κ1) is 23.8. The van der Waals surface area contributed by atoms with Gasteiger partial charge in [-0.15, -0.1) is 0 Å². The van der Waals surface area contributed by atoms with E-state index in [2.05, 4.69) is 20.1 Å². The molecule has 0 atom stereocenters. The average molecular weight is 495 g/mol. The van der Waals surface area contributed by atoms with E-state index < -0.39 is 29.0 Å². The number of aromatic nitrogens is 3. The SMILES string of the molecule is CCOC(=O)c1c(-c2c(F)ccc(F)c2F)nc2n[nH]c(C)c2c1-c1ccc(N2CCCCC2)cc1. The largest absolute Gasteiger partial charge is 0.462 e. The summed E-state index contributed by atoms with van der Waals surface area (Å²) in [6, 6.07) is 9.12. The monoisotopic (exact) mass is 494 g/mol. The molecule has 1 saturated heterocycles. The van der Waals surface area contributed by atoms with Crippen molar-refractivity contribution >= 4 is 22.7 Å². The number of H-pyrrole nitrogens is 1. The number of aryl methyl sites for hydroxylation is 1. The van der Waals surface area contributed by atoms with Crippen molar-refractivity contribution in [3.63, 3.8) is 0 Å². The summed E-state index contributed by atoms with van der Waals surface area (Å²) >= 11 is 0. The van der Waals surface area contributed by atoms with E-state index in [4.69, 9.17) is 4.74 Å². The van der Waals surface area contributed by atoms with Crippen LogP contribution >= 0.6 is 0 Å². The van der Waals surface area contributed by atoms with Gasteiger partial charge in [-0.25, -0.2) is 22.9 Å². The number of anilines is 1. The Kier molecular flexibility index (Phi) is 6.38. The fourth-order valence-electron chi connectivity index (χ4n) is 4.81. The lowest BCUT2D eigenvalue weighted by molar-refractivity contribution is 0.0528. The van der Waals surface area contributed by atoms with Crippen molar-refractivity contribution in [1.82, 2.24) is 15.2 Å². The van der Waals surface area contributed by atoms with E-state index in [1.165, 1.54) is 6.42 Å². The minimum Gasteiger partial charge on any atom is -0.462 e. The molecule has 0 unspecified atom stereocenters. The van der Waals surface area contributed by atoms with Crippen LogP contribution in [0.2, 0.25) is 0 Å². The molecule has 6 nitrogen and oxygen atoms in total. The van der Waals surface area contributed by atoms with Gasteiger partial charge in [0.1, 0.15) is 5.82 Å². The minimum atomic E-state index is -1.44. The van der Waals surface area contributed by atoms with E-state index in [1.807, 2.05) is 24.3 Å². The molecule has 0 bridgehead atoms. The highest BCUT2D eigenvalue weighted by molar-refractivity contribution is 6.11. The molecule has 1 aliphatic heterocycles. The number of aromatic amines is 1. The van der Waals surface area contributed by atoms with Gasteiger partial charge in [0.15, 0.2) is 17.3 Å². The zero-order valence-corrected chi connectivity index (χ0v) is 20.0. The second kappa shape index (κ2) is 9.64. The van der Waals surface area contributed by atoms with Gasteiger partial charge < -0.3 is 9.64 Å². The van der Waals surface area contributed by atoms with Crippen LogP contribution in [0.15, 0.2) is 36.4 Å². The van der Waals surface area contributed by atoms with Crippen LogP contribution in [0.4, 0.5) is 18.9 Å². The van der Waals surface area contributed by atoms with E-state index in [0.717, 1.165) is 37.7 Å². The smallest absolute Gasteiger partial charge is 0.341 e. The van der Waals surface area contributed by atoms with E-state index >= 15 is 0 Å². The molecule has 0 amide bonds. The van der Waals surface area contributed by atoms with Crippen LogP contribution in [0, 0.1) is 24.4 Å². The quantitative estimate of drug-likeness (QED) is 0.265. The van der Waals surface area contributed by atoms with Gasteiger partial charge in [-0.1, -0.05) is 12.1 Å². The Bertz CT molecular complexity index is 1440. The van der Waals surface area contributed by atoms with Gasteiger partial charge in [0.2, 0.25) is 0 Å². The van der Waals surface area contributed by atoms with Crippen molar-refractivity contribution < 1.29 is 22.7 Å². The zero-order chi connectivity index (χ0) is 25.4. The minimum absolute atomic E-state index is 0.0299. The Morgan fingerprint density at radius 1 is 1.00 bits per heavy atom. The fraction of sp³-hybridized carbons (Fsp3) is 0.296. The Hall–Kier alpha value is -3.88. The van der Waals surface area contributed by atoms with Crippen molar-refractivity contribution in [2.45, 2.75) is 33.1 Å². The third kappa shape index (κ3) is 4.08. The lowest BCUT2D eigenvalue weighted by atomic mass is 9.92. The molecule has 0 spiro atoms. The average Bonchev–Trinajstić information content (AvgIpc) is 3.26. The first-order valence-corrected chi connectivity index (χ1v) is 12.0. The normalized spacial score (nSPS) is 13.9. The molecular formula is C27H25F3N4O2. The highest BCUT2D eigenvalue weighted by Crippen LogP contribution is 2.40. The number of ether oxygens (including phenoxy) is 1. The molecule has 186 valence electrons. The number of nitrogens with zero attached hydrogens (tertiary/aromatic N) is 3. The molecule has 9 heteroatoms. The van der Waals surface area contributed by atoms with Crippen molar-refractivity contribution in [3.8, 4) is 22.4 Å². The number of fused-ring (bicyclic) bond motifs is 1. The Morgan fingerprint density at radius 2 is 1.69 bits per heavy atom. The van der Waals surface area contributed by atoms with Crippen molar-refractivity contribution in [2.75, 3.05) is 24.6 Å². The Balaban J connectivity index is 1.80. The summed E-state index contributed by atoms with van der Waals surface area (Å²) in [7, 11) is 0. The summed E-state index contributed by atoms with van der Waals surface area (Å²) in [6.07, 6.45) is 3.46. The van der Waals surface area contributed by atoms with E-state index in [-0.39, 0.29) is 23.5 Å². The molecule has 3 heterocycles. The van der Waals surface area contributed by atoms with E-state index in [1.54, 1.807) is 13.8 Å². The third-order valence-electron chi connectivity index (χ3n) is 6.52. The lowest BCUT2D eigenvalue weighted by Gasteiger charge is -2.29. The molecule has 5 rings (SSSR count). The fourth-order valence-corrected chi connectivity index (χ4v) is 4.81. The maximum absolute atomic E-state index is 14.9. The Morgan fingerprint density at radius 3 is 2.39 bits per heavy atom. The molecule has 2 aromatic heterocycles. The maximum Gasteiger partial charge on any atom is 0.341 e. The van der Waals surface area contributed by atoms with E-state index in [0.29, 0.717) is 28.3 Å². The summed E-state index contributed by atoms with van der Waals surface area (Å²) in [5.41, 5.74) is 1.54. The summed E-state index contributed by atoms with van der Waals surface area (Å²) in [5.74, 6) is -4.56. The predicted octanol–water partition coefficient (Wildman–Crippen LogP) is 6.18. The number of esters is 1. The van der Waals surface area contributed by atoms with Gasteiger partial charge in [-0.05, 0) is 62.9 Å². The number of hydrogen-bond acceptors (Lipinski definition) is 5. The molecular weight excluding hydrogens is 469 g/mol. The van der Waals surface area contributed by atoms with Crippen LogP contribution < -0.4 is 4.90 Å². The van der Waals surface area contributed by atoms with Crippen LogP contribution in [0.1, 0.15) is 42.2 Å². The summed E-state index contributed by atoms with van der Waals surface area (Å²) in [5, 5.41) is 7.53. The molecule has 4 aromatic rings. The number of nitrogens with one attached hydrogen (secondary N) is 1. The number of benzene rings is 2. The second-order valence-corrected chi connectivity index (χ2v) is 8.79. The standard InChI is InChI=1S/C27H25F3N4O2/c1-3-36-27(35)23-21(16-7-9-17(10-8-16)34-13-5-4-6-14-34)20-15(2)32-33-26(20)31-25(23)22-18(28)11-12-19(29)24(22)30/h7-12H,3-6,13-14H2,1-2H3,(H,31,32,33). The third-order valence-corrected chi connectivity index (χ3v) is 6.52. The molecule has 36 heavy (non-hydrogen) atoms. The number of rotatable bonds is 5. The molecule has 2 aromatic carbocycles. The topological polar surface area (TPSA) is 71.1 Å². The van der Waals surface area contributed by atoms with Crippen molar-refractivity contribution in [2.24, 2.45) is 0 Å². The number of carbonyl (C=O) groups excluding carboxylic acids is 1.